The zero-order valence-electron chi connectivity index (χ0n) is 10.8. The summed E-state index contributed by atoms with van der Waals surface area (Å²) in [7, 11) is 0. The standard InChI is InChI=1S/C15H22N2O/c18-15(7-3-8-15)11-16-10-13-5-1-4-12-6-2-9-17-14(12)13/h1,4-5,16-18H,2-3,6-11H2. The Kier molecular flexibility index (Phi) is 3.27. The fraction of sp³-hybridized carbons (Fsp3) is 0.600. The monoisotopic (exact) mass is 246 g/mol. The van der Waals surface area contributed by atoms with Crippen molar-refractivity contribution >= 4 is 5.69 Å². The molecule has 3 heteroatoms. The number of aliphatic hydroxyl groups is 1. The van der Waals surface area contributed by atoms with Crippen molar-refractivity contribution < 1.29 is 5.11 Å². The molecule has 0 spiro atoms. The number of anilines is 1. The molecule has 1 saturated carbocycles. The van der Waals surface area contributed by atoms with Crippen LogP contribution in [0.25, 0.3) is 0 Å². The van der Waals surface area contributed by atoms with Gasteiger partial charge in [0.05, 0.1) is 5.60 Å². The van der Waals surface area contributed by atoms with Crippen LogP contribution in [0.5, 0.6) is 0 Å². The highest BCUT2D eigenvalue weighted by Gasteiger charge is 2.33. The Morgan fingerprint density at radius 1 is 1.28 bits per heavy atom. The smallest absolute Gasteiger partial charge is 0.0771 e. The Morgan fingerprint density at radius 3 is 2.94 bits per heavy atom. The van der Waals surface area contributed by atoms with E-state index in [1.807, 2.05) is 0 Å². The van der Waals surface area contributed by atoms with Gasteiger partial charge in [-0.2, -0.15) is 0 Å². The third-order valence-electron chi connectivity index (χ3n) is 4.22. The van der Waals surface area contributed by atoms with Crippen LogP contribution < -0.4 is 10.6 Å². The van der Waals surface area contributed by atoms with Crippen LogP contribution >= 0.6 is 0 Å². The maximum Gasteiger partial charge on any atom is 0.0771 e. The molecule has 1 aliphatic carbocycles. The predicted octanol–water partition coefficient (Wildman–Crippen LogP) is 2.05. The Balaban J connectivity index is 1.62. The van der Waals surface area contributed by atoms with Crippen LogP contribution in [0.15, 0.2) is 18.2 Å². The molecule has 3 rings (SSSR count). The number of hydrogen-bond donors (Lipinski definition) is 3. The molecule has 18 heavy (non-hydrogen) atoms. The number of para-hydroxylation sites is 1. The van der Waals surface area contributed by atoms with Gasteiger partial charge in [-0.25, -0.2) is 0 Å². The largest absolute Gasteiger partial charge is 0.389 e. The molecule has 3 nitrogen and oxygen atoms in total. The van der Waals surface area contributed by atoms with E-state index >= 15 is 0 Å². The van der Waals surface area contributed by atoms with Crippen molar-refractivity contribution in [3.63, 3.8) is 0 Å². The van der Waals surface area contributed by atoms with Crippen LogP contribution in [0.2, 0.25) is 0 Å². The first-order valence-corrected chi connectivity index (χ1v) is 7.05. The maximum atomic E-state index is 10.0. The SMILES string of the molecule is OC1(CNCc2cccc3c2NCCC3)CCC1. The van der Waals surface area contributed by atoms with Crippen molar-refractivity contribution in [1.82, 2.24) is 5.32 Å². The van der Waals surface area contributed by atoms with Crippen molar-refractivity contribution in [1.29, 1.82) is 0 Å². The Bertz CT molecular complexity index is 427. The van der Waals surface area contributed by atoms with E-state index < -0.39 is 5.60 Å². The maximum absolute atomic E-state index is 10.0. The number of benzene rings is 1. The molecule has 98 valence electrons. The topological polar surface area (TPSA) is 44.3 Å². The minimum Gasteiger partial charge on any atom is -0.389 e. The van der Waals surface area contributed by atoms with Gasteiger partial charge in [0.1, 0.15) is 0 Å². The molecule has 1 aliphatic heterocycles. The lowest BCUT2D eigenvalue weighted by Gasteiger charge is -2.36. The first-order valence-electron chi connectivity index (χ1n) is 7.05. The van der Waals surface area contributed by atoms with Gasteiger partial charge in [0.25, 0.3) is 0 Å². The average Bonchev–Trinajstić information content (AvgIpc) is 2.37. The number of hydrogen-bond acceptors (Lipinski definition) is 3. The summed E-state index contributed by atoms with van der Waals surface area (Å²) in [6.45, 7) is 2.64. The Labute approximate surface area is 109 Å². The summed E-state index contributed by atoms with van der Waals surface area (Å²) in [4.78, 5) is 0. The van der Waals surface area contributed by atoms with Gasteiger partial charge in [0, 0.05) is 25.3 Å². The molecule has 1 heterocycles. The lowest BCUT2D eigenvalue weighted by atomic mass is 9.80. The molecule has 1 fully saturated rings. The van der Waals surface area contributed by atoms with Crippen LogP contribution in [-0.2, 0) is 13.0 Å². The van der Waals surface area contributed by atoms with Crippen molar-refractivity contribution in [3.8, 4) is 0 Å². The quantitative estimate of drug-likeness (QED) is 0.762. The fourth-order valence-electron chi connectivity index (χ4n) is 2.92. The van der Waals surface area contributed by atoms with E-state index in [2.05, 4.69) is 28.8 Å². The van der Waals surface area contributed by atoms with E-state index in [-0.39, 0.29) is 0 Å². The van der Waals surface area contributed by atoms with Crippen molar-refractivity contribution in [2.24, 2.45) is 0 Å². The first kappa shape index (κ1) is 12.0. The summed E-state index contributed by atoms with van der Waals surface area (Å²) in [6, 6.07) is 6.53. The summed E-state index contributed by atoms with van der Waals surface area (Å²) in [6.07, 6.45) is 5.47. The van der Waals surface area contributed by atoms with Gasteiger partial charge in [-0.15, -0.1) is 0 Å². The fourth-order valence-corrected chi connectivity index (χ4v) is 2.92. The summed E-state index contributed by atoms with van der Waals surface area (Å²) in [5.41, 5.74) is 3.65. The summed E-state index contributed by atoms with van der Waals surface area (Å²) < 4.78 is 0. The zero-order chi connectivity index (χ0) is 12.4. The van der Waals surface area contributed by atoms with Gasteiger partial charge in [0.15, 0.2) is 0 Å². The van der Waals surface area contributed by atoms with Gasteiger partial charge in [-0.3, -0.25) is 0 Å². The third kappa shape index (κ3) is 2.38. The second-order valence-corrected chi connectivity index (χ2v) is 5.66. The van der Waals surface area contributed by atoms with Gasteiger partial charge in [-0.05, 0) is 43.2 Å². The van der Waals surface area contributed by atoms with Crippen molar-refractivity contribution in [2.45, 2.75) is 44.2 Å². The second kappa shape index (κ2) is 4.90. The normalized spacial score (nSPS) is 20.7. The summed E-state index contributed by atoms with van der Waals surface area (Å²) in [5.74, 6) is 0. The number of nitrogens with one attached hydrogen (secondary N) is 2. The molecule has 0 aromatic heterocycles. The Hall–Kier alpha value is -1.06. The predicted molar refractivity (Wildman–Crippen MR) is 73.8 cm³/mol. The number of rotatable bonds is 4. The van der Waals surface area contributed by atoms with Crippen LogP contribution in [-0.4, -0.2) is 23.8 Å². The van der Waals surface area contributed by atoms with E-state index in [0.29, 0.717) is 0 Å². The van der Waals surface area contributed by atoms with E-state index in [4.69, 9.17) is 0 Å². The molecule has 1 aromatic carbocycles. The lowest BCUT2D eigenvalue weighted by Crippen LogP contribution is -2.46. The molecule has 2 aliphatic rings. The summed E-state index contributed by atoms with van der Waals surface area (Å²) >= 11 is 0. The van der Waals surface area contributed by atoms with Crippen LogP contribution in [0, 0.1) is 0 Å². The Morgan fingerprint density at radius 2 is 2.17 bits per heavy atom. The molecule has 0 bridgehead atoms. The van der Waals surface area contributed by atoms with Gasteiger partial charge >= 0.3 is 0 Å². The first-order chi connectivity index (χ1) is 8.77. The number of aryl methyl sites for hydroxylation is 1. The molecule has 0 radical (unpaired) electrons. The van der Waals surface area contributed by atoms with Crippen molar-refractivity contribution in [2.75, 3.05) is 18.4 Å². The van der Waals surface area contributed by atoms with E-state index in [9.17, 15) is 5.11 Å². The van der Waals surface area contributed by atoms with Crippen LogP contribution in [0.4, 0.5) is 5.69 Å². The van der Waals surface area contributed by atoms with E-state index in [0.717, 1.165) is 32.5 Å². The minimum absolute atomic E-state index is 0.428. The number of fused-ring (bicyclic) bond motifs is 1. The second-order valence-electron chi connectivity index (χ2n) is 5.66. The molecule has 3 N–H and O–H groups in total. The molecule has 1 aromatic rings. The van der Waals surface area contributed by atoms with E-state index in [1.165, 1.54) is 36.1 Å². The highest BCUT2D eigenvalue weighted by Crippen LogP contribution is 2.31. The van der Waals surface area contributed by atoms with Gasteiger partial charge in [-0.1, -0.05) is 18.2 Å². The molecule has 0 amide bonds. The highest BCUT2D eigenvalue weighted by molar-refractivity contribution is 5.59. The van der Waals surface area contributed by atoms with Gasteiger partial charge in [0.2, 0.25) is 0 Å². The molecule has 0 saturated heterocycles. The molecular weight excluding hydrogens is 224 g/mol. The molecule has 0 atom stereocenters. The summed E-state index contributed by atoms with van der Waals surface area (Å²) in [5, 5.41) is 17.0. The lowest BCUT2D eigenvalue weighted by molar-refractivity contribution is -0.0314. The minimum atomic E-state index is -0.428. The average molecular weight is 246 g/mol. The third-order valence-corrected chi connectivity index (χ3v) is 4.22. The molecular formula is C15H22N2O. The molecule has 0 unspecified atom stereocenters. The zero-order valence-corrected chi connectivity index (χ0v) is 10.8. The van der Waals surface area contributed by atoms with Crippen LogP contribution in [0.3, 0.4) is 0 Å². The van der Waals surface area contributed by atoms with Gasteiger partial charge < -0.3 is 15.7 Å². The van der Waals surface area contributed by atoms with Crippen molar-refractivity contribution in [3.05, 3.63) is 29.3 Å². The highest BCUT2D eigenvalue weighted by atomic mass is 16.3. The van der Waals surface area contributed by atoms with Crippen LogP contribution in [0.1, 0.15) is 36.8 Å². The van der Waals surface area contributed by atoms with E-state index in [1.54, 1.807) is 0 Å².